The Kier molecular flexibility index (Phi) is 3.68. The first-order chi connectivity index (χ1) is 9.18. The summed E-state index contributed by atoms with van der Waals surface area (Å²) in [5.74, 6) is -0.111. The van der Waals surface area contributed by atoms with E-state index < -0.39 is 23.5 Å². The molecule has 0 amide bonds. The maximum absolute atomic E-state index is 12.7. The lowest BCUT2D eigenvalue weighted by Crippen LogP contribution is -2.16. The van der Waals surface area contributed by atoms with Gasteiger partial charge in [0, 0.05) is 16.8 Å². The van der Waals surface area contributed by atoms with E-state index in [2.05, 4.69) is 5.38 Å². The van der Waals surface area contributed by atoms with Crippen molar-refractivity contribution < 1.29 is 31.1 Å². The minimum absolute atomic E-state index is 0.211. The standard InChI is InChI=1S/C12H5F6OS/c13-11(14,15)9-2-1-7(5-10(9)12(16,17)18)19-8-3-4-20-6-8/h1-3,5-6H. The van der Waals surface area contributed by atoms with E-state index in [9.17, 15) is 26.3 Å². The van der Waals surface area contributed by atoms with E-state index in [1.807, 2.05) is 0 Å². The molecule has 2 aromatic rings. The van der Waals surface area contributed by atoms with E-state index in [1.54, 1.807) is 0 Å². The molecule has 2 rings (SSSR count). The zero-order valence-electron chi connectivity index (χ0n) is 9.47. The van der Waals surface area contributed by atoms with E-state index in [1.165, 1.54) is 11.4 Å². The van der Waals surface area contributed by atoms with Crippen LogP contribution in [0.15, 0.2) is 29.6 Å². The number of thiophene rings is 1. The highest BCUT2D eigenvalue weighted by molar-refractivity contribution is 7.07. The second kappa shape index (κ2) is 5.01. The highest BCUT2D eigenvalue weighted by Crippen LogP contribution is 2.42. The summed E-state index contributed by atoms with van der Waals surface area (Å²) < 4.78 is 80.7. The molecule has 107 valence electrons. The molecular formula is C12H5F6OS. The molecule has 0 fully saturated rings. The Morgan fingerprint density at radius 2 is 1.55 bits per heavy atom. The van der Waals surface area contributed by atoms with Gasteiger partial charge in [-0.3, -0.25) is 0 Å². The summed E-state index contributed by atoms with van der Waals surface area (Å²) in [6.45, 7) is 0. The Bertz CT molecular complexity index is 585. The molecule has 0 saturated heterocycles. The second-order valence-corrected chi connectivity index (χ2v) is 4.41. The quantitative estimate of drug-likeness (QED) is 0.677. The lowest BCUT2D eigenvalue weighted by molar-refractivity contribution is -0.162. The number of hydrogen-bond donors (Lipinski definition) is 0. The van der Waals surface area contributed by atoms with Crippen molar-refractivity contribution in [3.63, 3.8) is 0 Å². The first-order valence-electron chi connectivity index (χ1n) is 5.09. The Labute approximate surface area is 113 Å². The van der Waals surface area contributed by atoms with Gasteiger partial charge in [0.1, 0.15) is 11.5 Å². The number of rotatable bonds is 2. The monoisotopic (exact) mass is 311 g/mol. The third kappa shape index (κ3) is 3.24. The average molecular weight is 311 g/mol. The Balaban J connectivity index is 2.44. The van der Waals surface area contributed by atoms with Crippen LogP contribution >= 0.6 is 11.3 Å². The van der Waals surface area contributed by atoms with Gasteiger partial charge in [0.2, 0.25) is 0 Å². The van der Waals surface area contributed by atoms with Crippen LogP contribution < -0.4 is 4.74 Å². The number of ether oxygens (including phenoxy) is 1. The summed E-state index contributed by atoms with van der Waals surface area (Å²) in [7, 11) is 0. The highest BCUT2D eigenvalue weighted by Gasteiger charge is 2.43. The SMILES string of the molecule is FC(F)(F)c1ccc(Oc2c[c]sc2)cc1C(F)(F)F. The predicted molar refractivity (Wildman–Crippen MR) is 59.7 cm³/mol. The molecule has 1 nitrogen and oxygen atoms in total. The maximum Gasteiger partial charge on any atom is 0.417 e. The molecule has 0 N–H and O–H groups in total. The summed E-state index contributed by atoms with van der Waals surface area (Å²) in [4.78, 5) is 0. The minimum atomic E-state index is -5.12. The summed E-state index contributed by atoms with van der Waals surface area (Å²) in [5, 5.41) is 4.11. The van der Waals surface area contributed by atoms with Crippen LogP contribution in [0.5, 0.6) is 11.5 Å². The van der Waals surface area contributed by atoms with Crippen molar-refractivity contribution >= 4 is 11.3 Å². The lowest BCUT2D eigenvalue weighted by atomic mass is 10.1. The topological polar surface area (TPSA) is 9.23 Å². The molecule has 0 saturated carbocycles. The molecule has 1 aromatic heterocycles. The van der Waals surface area contributed by atoms with Crippen molar-refractivity contribution in [1.82, 2.24) is 0 Å². The third-order valence-electron chi connectivity index (χ3n) is 2.28. The van der Waals surface area contributed by atoms with Gasteiger partial charge in [-0.15, -0.1) is 11.3 Å². The van der Waals surface area contributed by atoms with E-state index in [0.717, 1.165) is 17.4 Å². The molecule has 0 atom stereocenters. The molecule has 1 aromatic carbocycles. The van der Waals surface area contributed by atoms with Crippen molar-refractivity contribution in [3.8, 4) is 11.5 Å². The highest BCUT2D eigenvalue weighted by atomic mass is 32.1. The number of alkyl halides is 6. The Morgan fingerprint density at radius 3 is 2.05 bits per heavy atom. The van der Waals surface area contributed by atoms with Gasteiger partial charge in [0.25, 0.3) is 0 Å². The lowest BCUT2D eigenvalue weighted by Gasteiger charge is -2.16. The minimum Gasteiger partial charge on any atom is -0.456 e. The van der Waals surface area contributed by atoms with Gasteiger partial charge < -0.3 is 4.74 Å². The normalized spacial score (nSPS) is 12.5. The number of halogens is 6. The van der Waals surface area contributed by atoms with Crippen LogP contribution in [0.25, 0.3) is 0 Å². The van der Waals surface area contributed by atoms with Crippen LogP contribution in [0.1, 0.15) is 11.1 Å². The molecule has 0 spiro atoms. The Hall–Kier alpha value is -1.70. The molecule has 0 aliphatic carbocycles. The predicted octanol–water partition coefficient (Wildman–Crippen LogP) is 5.38. The third-order valence-corrected chi connectivity index (χ3v) is 2.89. The van der Waals surface area contributed by atoms with E-state index >= 15 is 0 Å². The fourth-order valence-electron chi connectivity index (χ4n) is 1.48. The van der Waals surface area contributed by atoms with Crippen LogP contribution in [-0.4, -0.2) is 0 Å². The van der Waals surface area contributed by atoms with E-state index in [0.29, 0.717) is 12.1 Å². The summed E-state index contributed by atoms with van der Waals surface area (Å²) in [6, 6.07) is 2.90. The number of benzene rings is 1. The van der Waals surface area contributed by atoms with Gasteiger partial charge in [-0.1, -0.05) is 0 Å². The van der Waals surface area contributed by atoms with E-state index in [-0.39, 0.29) is 11.5 Å². The fourth-order valence-corrected chi connectivity index (χ4v) is 1.96. The fraction of sp³-hybridized carbons (Fsp3) is 0.167. The smallest absolute Gasteiger partial charge is 0.417 e. The van der Waals surface area contributed by atoms with Crippen LogP contribution in [0.2, 0.25) is 0 Å². The maximum atomic E-state index is 12.7. The molecule has 0 unspecified atom stereocenters. The molecular weight excluding hydrogens is 306 g/mol. The van der Waals surface area contributed by atoms with Crippen molar-refractivity contribution in [2.75, 3.05) is 0 Å². The summed E-state index contributed by atoms with van der Waals surface area (Å²) >= 11 is 1.12. The van der Waals surface area contributed by atoms with Crippen molar-refractivity contribution in [2.45, 2.75) is 12.4 Å². The molecule has 0 aliphatic rings. The molecule has 8 heteroatoms. The van der Waals surface area contributed by atoms with Gasteiger partial charge in [-0.25, -0.2) is 0 Å². The molecule has 1 radical (unpaired) electrons. The largest absolute Gasteiger partial charge is 0.456 e. The average Bonchev–Trinajstić information content (AvgIpc) is 2.79. The number of hydrogen-bond acceptors (Lipinski definition) is 2. The van der Waals surface area contributed by atoms with Gasteiger partial charge in [-0.05, 0) is 18.2 Å². The van der Waals surface area contributed by atoms with Gasteiger partial charge in [-0.2, -0.15) is 26.3 Å². The van der Waals surface area contributed by atoms with Crippen molar-refractivity contribution in [3.05, 3.63) is 46.2 Å². The van der Waals surface area contributed by atoms with Gasteiger partial charge in [0.15, 0.2) is 0 Å². The van der Waals surface area contributed by atoms with Crippen LogP contribution in [0, 0.1) is 5.38 Å². The first-order valence-corrected chi connectivity index (χ1v) is 5.97. The summed E-state index contributed by atoms with van der Waals surface area (Å²) in [5.41, 5.74) is -3.52. The molecule has 0 bridgehead atoms. The van der Waals surface area contributed by atoms with E-state index in [4.69, 9.17) is 4.74 Å². The van der Waals surface area contributed by atoms with Crippen molar-refractivity contribution in [2.24, 2.45) is 0 Å². The van der Waals surface area contributed by atoms with Gasteiger partial charge in [0.05, 0.1) is 11.1 Å². The molecule has 1 heterocycles. The van der Waals surface area contributed by atoms with Crippen LogP contribution in [-0.2, 0) is 12.4 Å². The second-order valence-electron chi connectivity index (χ2n) is 3.71. The van der Waals surface area contributed by atoms with Crippen LogP contribution in [0.4, 0.5) is 26.3 Å². The molecule has 0 aliphatic heterocycles. The van der Waals surface area contributed by atoms with Crippen molar-refractivity contribution in [1.29, 1.82) is 0 Å². The first kappa shape index (κ1) is 14.7. The van der Waals surface area contributed by atoms with Crippen LogP contribution in [0.3, 0.4) is 0 Å². The van der Waals surface area contributed by atoms with Gasteiger partial charge >= 0.3 is 12.4 Å². The molecule has 20 heavy (non-hydrogen) atoms. The summed E-state index contributed by atoms with van der Waals surface area (Å²) in [6.07, 6.45) is -10.2. The zero-order chi connectivity index (χ0) is 15.0. The zero-order valence-corrected chi connectivity index (χ0v) is 10.3. The Morgan fingerprint density at radius 1 is 0.900 bits per heavy atom.